The van der Waals surface area contributed by atoms with E-state index in [1.807, 2.05) is 12.1 Å². The summed E-state index contributed by atoms with van der Waals surface area (Å²) in [6.07, 6.45) is 18.3. The predicted octanol–water partition coefficient (Wildman–Crippen LogP) is 6.66. The van der Waals surface area contributed by atoms with E-state index in [-0.39, 0.29) is 5.97 Å². The number of hydrogen-bond donors (Lipinski definition) is 0. The molecule has 0 heterocycles. The van der Waals surface area contributed by atoms with E-state index in [9.17, 15) is 4.79 Å². The van der Waals surface area contributed by atoms with Gasteiger partial charge in [-0.15, -0.1) is 0 Å². The third-order valence-corrected chi connectivity index (χ3v) is 4.26. The molecule has 0 spiro atoms. The first-order valence-electron chi connectivity index (χ1n) is 9.64. The fourth-order valence-corrected chi connectivity index (χ4v) is 2.69. The van der Waals surface area contributed by atoms with Gasteiger partial charge in [0.2, 0.25) is 0 Å². The van der Waals surface area contributed by atoms with Gasteiger partial charge in [0.1, 0.15) is 0 Å². The van der Waals surface area contributed by atoms with Crippen LogP contribution in [-0.4, -0.2) is 13.1 Å². The second-order valence-corrected chi connectivity index (χ2v) is 7.02. The molecular weight excluding hydrogens is 308 g/mol. The van der Waals surface area contributed by atoms with Crippen LogP contribution in [0.15, 0.2) is 36.4 Å². The Balaban J connectivity index is 2.14. The molecule has 0 aliphatic rings. The Morgan fingerprint density at radius 3 is 2.08 bits per heavy atom. The number of hydrogen-bond acceptors (Lipinski definition) is 2. The standard InChI is InChI=1S/C23H34O2/c1-20(2)12-10-8-6-4-5-7-9-11-13-21-14-16-22(17-15-21)18-19-23(24)25-3/h11,13-20H,4-10,12H2,1-3H3/b13-11+,19-18?. The molecule has 25 heavy (non-hydrogen) atoms. The zero-order chi connectivity index (χ0) is 18.3. The molecule has 0 atom stereocenters. The summed E-state index contributed by atoms with van der Waals surface area (Å²) in [6.45, 7) is 4.61. The second-order valence-electron chi connectivity index (χ2n) is 7.02. The highest BCUT2D eigenvalue weighted by molar-refractivity contribution is 5.86. The molecular formula is C23H34O2. The Hall–Kier alpha value is -1.83. The normalized spacial score (nSPS) is 11.7. The maximum Gasteiger partial charge on any atom is 0.330 e. The number of allylic oxidation sites excluding steroid dienone is 1. The van der Waals surface area contributed by atoms with Crippen molar-refractivity contribution in [2.45, 2.75) is 65.2 Å². The van der Waals surface area contributed by atoms with Crippen LogP contribution in [0.3, 0.4) is 0 Å². The SMILES string of the molecule is COC(=O)C=Cc1ccc(/C=C/CCCCCCCCC(C)C)cc1. The molecule has 138 valence electrons. The Bertz CT molecular complexity index is 524. The number of benzene rings is 1. The van der Waals surface area contributed by atoms with Crippen LogP contribution in [0.2, 0.25) is 0 Å². The monoisotopic (exact) mass is 342 g/mol. The van der Waals surface area contributed by atoms with Crippen LogP contribution < -0.4 is 0 Å². The summed E-state index contributed by atoms with van der Waals surface area (Å²) in [4.78, 5) is 11.1. The Morgan fingerprint density at radius 2 is 1.48 bits per heavy atom. The van der Waals surface area contributed by atoms with Gasteiger partial charge in [0.15, 0.2) is 0 Å². The molecule has 0 amide bonds. The summed E-state index contributed by atoms with van der Waals surface area (Å²) in [5.74, 6) is 0.520. The van der Waals surface area contributed by atoms with Crippen molar-refractivity contribution in [1.29, 1.82) is 0 Å². The van der Waals surface area contributed by atoms with Crippen LogP contribution in [0, 0.1) is 5.92 Å². The second kappa shape index (κ2) is 13.5. The van der Waals surface area contributed by atoms with Crippen LogP contribution in [0.25, 0.3) is 12.2 Å². The Morgan fingerprint density at radius 1 is 0.920 bits per heavy atom. The van der Waals surface area contributed by atoms with E-state index in [2.05, 4.69) is 42.9 Å². The third-order valence-electron chi connectivity index (χ3n) is 4.26. The number of unbranched alkanes of at least 4 members (excludes halogenated alkanes) is 6. The number of carbonyl (C=O) groups is 1. The van der Waals surface area contributed by atoms with Crippen molar-refractivity contribution in [3.63, 3.8) is 0 Å². The molecule has 0 fully saturated rings. The highest BCUT2D eigenvalue weighted by atomic mass is 16.5. The summed E-state index contributed by atoms with van der Waals surface area (Å²) >= 11 is 0. The van der Waals surface area contributed by atoms with E-state index >= 15 is 0 Å². The van der Waals surface area contributed by atoms with Gasteiger partial charge in [0.25, 0.3) is 0 Å². The first kappa shape index (κ1) is 21.2. The number of esters is 1. The molecule has 0 aliphatic heterocycles. The molecule has 1 rings (SSSR count). The van der Waals surface area contributed by atoms with E-state index < -0.39 is 0 Å². The lowest BCUT2D eigenvalue weighted by molar-refractivity contribution is -0.134. The average molecular weight is 343 g/mol. The highest BCUT2D eigenvalue weighted by Gasteiger charge is 1.95. The van der Waals surface area contributed by atoms with Gasteiger partial charge in [0.05, 0.1) is 7.11 Å². The van der Waals surface area contributed by atoms with Gasteiger partial charge < -0.3 is 4.74 Å². The van der Waals surface area contributed by atoms with Crippen LogP contribution in [0.5, 0.6) is 0 Å². The summed E-state index contributed by atoms with van der Waals surface area (Å²) in [6, 6.07) is 8.16. The van der Waals surface area contributed by atoms with Gasteiger partial charge in [0, 0.05) is 6.08 Å². The first-order chi connectivity index (χ1) is 12.1. The minimum Gasteiger partial charge on any atom is -0.466 e. The van der Waals surface area contributed by atoms with Crippen LogP contribution in [-0.2, 0) is 9.53 Å². The van der Waals surface area contributed by atoms with E-state index in [0.717, 1.165) is 17.9 Å². The van der Waals surface area contributed by atoms with Crippen molar-refractivity contribution < 1.29 is 9.53 Å². The smallest absolute Gasteiger partial charge is 0.330 e. The first-order valence-corrected chi connectivity index (χ1v) is 9.64. The molecule has 0 saturated carbocycles. The van der Waals surface area contributed by atoms with E-state index in [0.29, 0.717) is 0 Å². The van der Waals surface area contributed by atoms with Gasteiger partial charge in [-0.3, -0.25) is 0 Å². The quantitative estimate of drug-likeness (QED) is 0.241. The summed E-state index contributed by atoms with van der Waals surface area (Å²) in [5, 5.41) is 0. The number of rotatable bonds is 12. The Labute approximate surface area is 154 Å². The molecule has 0 bridgehead atoms. The fourth-order valence-electron chi connectivity index (χ4n) is 2.69. The van der Waals surface area contributed by atoms with E-state index in [1.165, 1.54) is 63.7 Å². The van der Waals surface area contributed by atoms with Gasteiger partial charge in [-0.25, -0.2) is 4.79 Å². The molecule has 0 aromatic heterocycles. The van der Waals surface area contributed by atoms with Crippen LogP contribution >= 0.6 is 0 Å². The lowest BCUT2D eigenvalue weighted by Crippen LogP contribution is -1.93. The van der Waals surface area contributed by atoms with Crippen molar-refractivity contribution in [3.05, 3.63) is 47.5 Å². The summed E-state index contributed by atoms with van der Waals surface area (Å²) in [5.41, 5.74) is 2.20. The fraction of sp³-hybridized carbons (Fsp3) is 0.522. The van der Waals surface area contributed by atoms with Gasteiger partial charge in [-0.2, -0.15) is 0 Å². The van der Waals surface area contributed by atoms with Crippen molar-refractivity contribution in [2.75, 3.05) is 7.11 Å². The van der Waals surface area contributed by atoms with E-state index in [1.54, 1.807) is 6.08 Å². The molecule has 0 radical (unpaired) electrons. The molecule has 0 aliphatic carbocycles. The van der Waals surface area contributed by atoms with Gasteiger partial charge in [-0.05, 0) is 36.0 Å². The van der Waals surface area contributed by atoms with Crippen molar-refractivity contribution in [1.82, 2.24) is 0 Å². The number of methoxy groups -OCH3 is 1. The molecule has 1 aromatic rings. The Kier molecular flexibility index (Phi) is 11.4. The zero-order valence-corrected chi connectivity index (χ0v) is 16.2. The van der Waals surface area contributed by atoms with Crippen molar-refractivity contribution >= 4 is 18.1 Å². The molecule has 2 nitrogen and oxygen atoms in total. The molecule has 0 N–H and O–H groups in total. The third kappa shape index (κ3) is 11.4. The lowest BCUT2D eigenvalue weighted by atomic mass is 10.0. The van der Waals surface area contributed by atoms with Gasteiger partial charge >= 0.3 is 5.97 Å². The average Bonchev–Trinajstić information content (AvgIpc) is 2.62. The van der Waals surface area contributed by atoms with E-state index in [4.69, 9.17) is 0 Å². The van der Waals surface area contributed by atoms with Crippen LogP contribution in [0.4, 0.5) is 0 Å². The molecule has 0 saturated heterocycles. The van der Waals surface area contributed by atoms with Crippen molar-refractivity contribution in [2.24, 2.45) is 5.92 Å². The minimum absolute atomic E-state index is 0.330. The van der Waals surface area contributed by atoms with Crippen LogP contribution in [0.1, 0.15) is 76.3 Å². The molecule has 2 heteroatoms. The van der Waals surface area contributed by atoms with Crippen molar-refractivity contribution in [3.8, 4) is 0 Å². The summed E-state index contributed by atoms with van der Waals surface area (Å²) in [7, 11) is 1.38. The maximum atomic E-state index is 11.1. The molecule has 0 unspecified atom stereocenters. The summed E-state index contributed by atoms with van der Waals surface area (Å²) < 4.78 is 4.58. The van der Waals surface area contributed by atoms with Gasteiger partial charge in [-0.1, -0.05) is 88.8 Å². The maximum absolute atomic E-state index is 11.1. The lowest BCUT2D eigenvalue weighted by Gasteiger charge is -2.03. The number of carbonyl (C=O) groups excluding carboxylic acids is 1. The molecule has 1 aromatic carbocycles. The number of ether oxygens (including phenoxy) is 1. The largest absolute Gasteiger partial charge is 0.466 e. The minimum atomic E-state index is -0.330. The zero-order valence-electron chi connectivity index (χ0n) is 16.2. The predicted molar refractivity (Wildman–Crippen MR) is 108 cm³/mol. The topological polar surface area (TPSA) is 26.3 Å². The highest BCUT2D eigenvalue weighted by Crippen LogP contribution is 2.13.